The van der Waals surface area contributed by atoms with E-state index in [2.05, 4.69) is 35.0 Å². The van der Waals surface area contributed by atoms with Gasteiger partial charge in [-0.05, 0) is 47.4 Å². The van der Waals surface area contributed by atoms with Crippen molar-refractivity contribution >= 4 is 27.3 Å². The van der Waals surface area contributed by atoms with E-state index < -0.39 is 0 Å². The largest absolute Gasteiger partial charge is 0.377 e. The second-order valence-corrected chi connectivity index (χ2v) is 6.63. The Morgan fingerprint density at radius 2 is 2.35 bits per heavy atom. The van der Waals surface area contributed by atoms with E-state index in [9.17, 15) is 4.79 Å². The van der Waals surface area contributed by atoms with Gasteiger partial charge in [-0.3, -0.25) is 4.79 Å². The maximum atomic E-state index is 12.2. The molecule has 1 aromatic heterocycles. The fraction of sp³-hybridized carbons (Fsp3) is 0.438. The third-order valence-corrected chi connectivity index (χ3v) is 5.27. The molecule has 0 spiro atoms. The molecule has 1 amide bonds. The number of rotatable bonds is 3. The van der Waals surface area contributed by atoms with Gasteiger partial charge in [0.2, 0.25) is 5.91 Å². The van der Waals surface area contributed by atoms with Gasteiger partial charge in [-0.2, -0.15) is 0 Å². The molecule has 0 bridgehead atoms. The van der Waals surface area contributed by atoms with Gasteiger partial charge >= 0.3 is 0 Å². The van der Waals surface area contributed by atoms with Gasteiger partial charge in [-0.1, -0.05) is 6.07 Å². The van der Waals surface area contributed by atoms with E-state index in [-0.39, 0.29) is 17.9 Å². The molecule has 1 saturated carbocycles. The van der Waals surface area contributed by atoms with E-state index in [1.807, 2.05) is 0 Å². The summed E-state index contributed by atoms with van der Waals surface area (Å²) < 4.78 is 6.92. The number of hydrogen-bond acceptors (Lipinski definition) is 3. The molecular formula is C16H17NO2S. The minimum atomic E-state index is 0.0994. The average molecular weight is 287 g/mol. The van der Waals surface area contributed by atoms with Crippen LogP contribution in [0.15, 0.2) is 29.6 Å². The van der Waals surface area contributed by atoms with Crippen molar-refractivity contribution in [3.63, 3.8) is 0 Å². The number of nitrogens with one attached hydrogen (secondary N) is 1. The molecule has 1 N–H and O–H groups in total. The highest BCUT2D eigenvalue weighted by molar-refractivity contribution is 7.17. The van der Waals surface area contributed by atoms with Crippen molar-refractivity contribution in [3.05, 3.63) is 35.2 Å². The van der Waals surface area contributed by atoms with Crippen LogP contribution in [0, 0.1) is 11.8 Å². The van der Waals surface area contributed by atoms with Crippen LogP contribution in [0.3, 0.4) is 0 Å². The number of amides is 1. The van der Waals surface area contributed by atoms with Crippen LogP contribution in [0.4, 0.5) is 0 Å². The van der Waals surface area contributed by atoms with Crippen molar-refractivity contribution in [1.82, 2.24) is 5.32 Å². The first-order valence-electron chi connectivity index (χ1n) is 7.18. The summed E-state index contributed by atoms with van der Waals surface area (Å²) in [6, 6.07) is 8.49. The molecule has 1 aromatic carbocycles. The quantitative estimate of drug-likeness (QED) is 0.942. The highest BCUT2D eigenvalue weighted by atomic mass is 32.1. The minimum absolute atomic E-state index is 0.0994. The van der Waals surface area contributed by atoms with Crippen LogP contribution in [0.5, 0.6) is 0 Å². The standard InChI is InChI=1S/C16H17NO2S/c18-16(14-12-2-1-6-19-15(12)14)17-9-10-3-4-13-11(8-10)5-7-20-13/h3-5,7-8,12,14-15H,1-2,6,9H2,(H,17,18)/t12-,14+,15+/m0/s1. The van der Waals surface area contributed by atoms with Crippen LogP contribution in [0.1, 0.15) is 18.4 Å². The van der Waals surface area contributed by atoms with Crippen LogP contribution >= 0.6 is 11.3 Å². The number of thiophene rings is 1. The van der Waals surface area contributed by atoms with Gasteiger partial charge in [0.15, 0.2) is 0 Å². The Bertz CT molecular complexity index is 639. The molecule has 2 heterocycles. The first-order valence-corrected chi connectivity index (χ1v) is 8.06. The van der Waals surface area contributed by atoms with Crippen molar-refractivity contribution in [2.45, 2.75) is 25.5 Å². The molecule has 3 atom stereocenters. The summed E-state index contributed by atoms with van der Waals surface area (Å²) in [6.45, 7) is 1.43. The monoisotopic (exact) mass is 287 g/mol. The molecule has 0 unspecified atom stereocenters. The molecule has 4 heteroatoms. The van der Waals surface area contributed by atoms with Gasteiger partial charge in [-0.25, -0.2) is 0 Å². The lowest BCUT2D eigenvalue weighted by Gasteiger charge is -2.07. The second-order valence-electron chi connectivity index (χ2n) is 5.68. The smallest absolute Gasteiger partial charge is 0.226 e. The summed E-state index contributed by atoms with van der Waals surface area (Å²) in [5.74, 6) is 0.734. The number of carbonyl (C=O) groups is 1. The molecule has 20 heavy (non-hydrogen) atoms. The summed E-state index contributed by atoms with van der Waals surface area (Å²) in [5, 5.41) is 6.41. The lowest BCUT2D eigenvalue weighted by molar-refractivity contribution is -0.123. The Morgan fingerprint density at radius 3 is 3.20 bits per heavy atom. The number of hydrogen-bond donors (Lipinski definition) is 1. The van der Waals surface area contributed by atoms with E-state index in [0.29, 0.717) is 12.5 Å². The number of ether oxygens (including phenoxy) is 1. The van der Waals surface area contributed by atoms with Crippen molar-refractivity contribution < 1.29 is 9.53 Å². The molecular weight excluding hydrogens is 270 g/mol. The SMILES string of the molecule is O=C(NCc1ccc2sccc2c1)[C@@H]1[C@@H]2CCCO[C@H]21. The molecule has 1 saturated heterocycles. The molecule has 0 radical (unpaired) electrons. The summed E-state index contributed by atoms with van der Waals surface area (Å²) in [7, 11) is 0. The molecule has 1 aliphatic carbocycles. The van der Waals surface area contributed by atoms with Gasteiger partial charge < -0.3 is 10.1 Å². The molecule has 2 fully saturated rings. The van der Waals surface area contributed by atoms with Crippen LogP contribution in [-0.4, -0.2) is 18.6 Å². The normalized spacial score (nSPS) is 28.1. The zero-order chi connectivity index (χ0) is 13.5. The van der Waals surface area contributed by atoms with E-state index >= 15 is 0 Å². The minimum Gasteiger partial charge on any atom is -0.377 e. The lowest BCUT2D eigenvalue weighted by atomic mass is 10.1. The third kappa shape index (κ3) is 2.13. The molecule has 2 aliphatic rings. The second kappa shape index (κ2) is 4.86. The predicted octanol–water partition coefficient (Wildman–Crippen LogP) is 2.94. The van der Waals surface area contributed by atoms with Crippen LogP contribution in [0.2, 0.25) is 0 Å². The fourth-order valence-electron chi connectivity index (χ4n) is 3.23. The molecule has 4 rings (SSSR count). The number of carbonyl (C=O) groups excluding carboxylic acids is 1. The van der Waals surface area contributed by atoms with Crippen LogP contribution < -0.4 is 5.32 Å². The highest BCUT2D eigenvalue weighted by Gasteiger charge is 2.56. The van der Waals surface area contributed by atoms with Crippen LogP contribution in [-0.2, 0) is 16.1 Å². The van der Waals surface area contributed by atoms with Gasteiger partial charge in [0, 0.05) is 23.8 Å². The maximum Gasteiger partial charge on any atom is 0.226 e. The zero-order valence-electron chi connectivity index (χ0n) is 11.2. The highest BCUT2D eigenvalue weighted by Crippen LogP contribution is 2.47. The van der Waals surface area contributed by atoms with E-state index in [0.717, 1.165) is 25.0 Å². The molecule has 3 nitrogen and oxygen atoms in total. The van der Waals surface area contributed by atoms with Gasteiger partial charge in [0.05, 0.1) is 12.0 Å². The van der Waals surface area contributed by atoms with Gasteiger partial charge in [-0.15, -0.1) is 11.3 Å². The fourth-order valence-corrected chi connectivity index (χ4v) is 4.00. The topological polar surface area (TPSA) is 38.3 Å². The predicted molar refractivity (Wildman–Crippen MR) is 79.6 cm³/mol. The van der Waals surface area contributed by atoms with E-state index in [4.69, 9.17) is 4.74 Å². The summed E-state index contributed by atoms with van der Waals surface area (Å²) in [6.07, 6.45) is 2.44. The van der Waals surface area contributed by atoms with Crippen molar-refractivity contribution in [2.75, 3.05) is 6.61 Å². The first kappa shape index (κ1) is 12.4. The van der Waals surface area contributed by atoms with Gasteiger partial charge in [0.1, 0.15) is 0 Å². The Labute approximate surface area is 121 Å². The Balaban J connectivity index is 1.39. The maximum absolute atomic E-state index is 12.2. The zero-order valence-corrected chi connectivity index (χ0v) is 12.0. The summed E-state index contributed by atoms with van der Waals surface area (Å²) >= 11 is 1.74. The molecule has 104 valence electrons. The number of fused-ring (bicyclic) bond motifs is 2. The Morgan fingerprint density at radius 1 is 1.40 bits per heavy atom. The van der Waals surface area contributed by atoms with Crippen molar-refractivity contribution in [1.29, 1.82) is 0 Å². The first-order chi connectivity index (χ1) is 9.83. The molecule has 1 aliphatic heterocycles. The van der Waals surface area contributed by atoms with Crippen molar-refractivity contribution in [3.8, 4) is 0 Å². The van der Waals surface area contributed by atoms with E-state index in [1.54, 1.807) is 11.3 Å². The Kier molecular flexibility index (Phi) is 3.00. The van der Waals surface area contributed by atoms with Crippen molar-refractivity contribution in [2.24, 2.45) is 11.8 Å². The summed E-state index contributed by atoms with van der Waals surface area (Å²) in [4.78, 5) is 12.2. The lowest BCUT2D eigenvalue weighted by Crippen LogP contribution is -2.26. The van der Waals surface area contributed by atoms with Gasteiger partial charge in [0.25, 0.3) is 0 Å². The molecule has 2 aromatic rings. The van der Waals surface area contributed by atoms with E-state index in [1.165, 1.54) is 10.1 Å². The third-order valence-electron chi connectivity index (χ3n) is 4.37. The Hall–Kier alpha value is -1.39. The van der Waals surface area contributed by atoms with Crippen LogP contribution in [0.25, 0.3) is 10.1 Å². The number of benzene rings is 1. The summed E-state index contributed by atoms with van der Waals surface area (Å²) in [5.41, 5.74) is 1.16. The average Bonchev–Trinajstić information content (AvgIpc) is 3.03.